The lowest BCUT2D eigenvalue weighted by molar-refractivity contribution is 0.234. The summed E-state index contributed by atoms with van der Waals surface area (Å²) >= 11 is 0. The highest BCUT2D eigenvalue weighted by Gasteiger charge is 2.05. The first kappa shape index (κ1) is 16.2. The number of anilines is 1. The van der Waals surface area contributed by atoms with Crippen LogP contribution >= 0.6 is 0 Å². The van der Waals surface area contributed by atoms with E-state index in [0.717, 1.165) is 23.7 Å². The van der Waals surface area contributed by atoms with Crippen molar-refractivity contribution >= 4 is 5.69 Å². The molecular weight excluding hydrogens is 274 g/mol. The fourth-order valence-electron chi connectivity index (χ4n) is 2.18. The summed E-state index contributed by atoms with van der Waals surface area (Å²) in [6, 6.07) is 16.1. The van der Waals surface area contributed by atoms with Crippen LogP contribution in [0, 0.1) is 6.92 Å². The Labute approximate surface area is 133 Å². The maximum atomic E-state index is 5.92. The van der Waals surface area contributed by atoms with E-state index in [4.69, 9.17) is 9.47 Å². The molecule has 2 aromatic rings. The lowest BCUT2D eigenvalue weighted by atomic mass is 10.2. The fourth-order valence-corrected chi connectivity index (χ4v) is 2.18. The van der Waals surface area contributed by atoms with Gasteiger partial charge in [0, 0.05) is 11.8 Å². The normalized spacial score (nSPS) is 12.0. The molecule has 0 radical (unpaired) electrons. The van der Waals surface area contributed by atoms with Gasteiger partial charge < -0.3 is 14.8 Å². The summed E-state index contributed by atoms with van der Waals surface area (Å²) in [5, 5.41) is 3.39. The van der Waals surface area contributed by atoms with Gasteiger partial charge in [0.05, 0.1) is 12.6 Å². The van der Waals surface area contributed by atoms with Crippen LogP contribution in [0.3, 0.4) is 0 Å². The molecule has 0 bridgehead atoms. The van der Waals surface area contributed by atoms with Crippen molar-refractivity contribution in [2.45, 2.75) is 39.9 Å². The summed E-state index contributed by atoms with van der Waals surface area (Å²) < 4.78 is 11.6. The van der Waals surface area contributed by atoms with Crippen molar-refractivity contribution in [1.29, 1.82) is 0 Å². The molecule has 0 spiro atoms. The van der Waals surface area contributed by atoms with Crippen molar-refractivity contribution < 1.29 is 9.47 Å². The number of hydrogen-bond donors (Lipinski definition) is 1. The van der Waals surface area contributed by atoms with E-state index in [1.165, 1.54) is 5.56 Å². The zero-order valence-corrected chi connectivity index (χ0v) is 13.8. The molecule has 0 amide bonds. The van der Waals surface area contributed by atoms with Crippen molar-refractivity contribution in [3.63, 3.8) is 0 Å². The fraction of sp³-hybridized carbons (Fsp3) is 0.368. The Hall–Kier alpha value is -2.16. The quantitative estimate of drug-likeness (QED) is 0.806. The van der Waals surface area contributed by atoms with Gasteiger partial charge >= 0.3 is 0 Å². The second-order valence-electron chi connectivity index (χ2n) is 5.82. The third kappa shape index (κ3) is 5.32. The van der Waals surface area contributed by atoms with Crippen LogP contribution in [0.25, 0.3) is 0 Å². The van der Waals surface area contributed by atoms with Gasteiger partial charge in [-0.25, -0.2) is 0 Å². The topological polar surface area (TPSA) is 30.5 Å². The second-order valence-corrected chi connectivity index (χ2v) is 5.82. The lowest BCUT2D eigenvalue weighted by Gasteiger charge is -2.17. The van der Waals surface area contributed by atoms with Crippen LogP contribution in [0.15, 0.2) is 48.5 Å². The summed E-state index contributed by atoms with van der Waals surface area (Å²) in [6.45, 7) is 8.91. The third-order valence-electron chi connectivity index (χ3n) is 3.13. The van der Waals surface area contributed by atoms with Crippen molar-refractivity contribution in [3.05, 3.63) is 54.1 Å². The second kappa shape index (κ2) is 7.74. The van der Waals surface area contributed by atoms with Crippen molar-refractivity contribution in [3.8, 4) is 11.5 Å². The molecule has 0 aliphatic heterocycles. The molecule has 118 valence electrons. The van der Waals surface area contributed by atoms with Crippen LogP contribution in [0.2, 0.25) is 0 Å². The Morgan fingerprint density at radius 2 is 1.59 bits per heavy atom. The maximum Gasteiger partial charge on any atom is 0.121 e. The predicted octanol–water partition coefficient (Wildman–Crippen LogP) is 4.66. The minimum Gasteiger partial charge on any atom is -0.491 e. The lowest BCUT2D eigenvalue weighted by Crippen LogP contribution is -2.22. The van der Waals surface area contributed by atoms with Gasteiger partial charge in [-0.15, -0.1) is 0 Å². The number of nitrogens with one attached hydrogen (secondary N) is 1. The standard InChI is InChI=1S/C19H25NO2/c1-14(2)21-19-10-6-8-17(12-19)20-13-16(4)22-18-9-5-7-15(3)11-18/h5-12,14,16,20H,13H2,1-4H3. The first-order valence-corrected chi connectivity index (χ1v) is 7.77. The molecule has 0 aliphatic rings. The number of benzene rings is 2. The number of ether oxygens (including phenoxy) is 2. The molecule has 0 fully saturated rings. The Morgan fingerprint density at radius 1 is 0.909 bits per heavy atom. The van der Waals surface area contributed by atoms with Crippen LogP contribution in [-0.2, 0) is 0 Å². The minimum atomic E-state index is 0.0801. The molecule has 1 N–H and O–H groups in total. The van der Waals surface area contributed by atoms with Gasteiger partial charge in [0.25, 0.3) is 0 Å². The SMILES string of the molecule is Cc1cccc(OC(C)CNc2cccc(OC(C)C)c2)c1. The van der Waals surface area contributed by atoms with Crippen LogP contribution < -0.4 is 14.8 Å². The highest BCUT2D eigenvalue weighted by Crippen LogP contribution is 2.19. The average molecular weight is 299 g/mol. The molecule has 0 saturated heterocycles. The van der Waals surface area contributed by atoms with Gasteiger partial charge in [-0.1, -0.05) is 18.2 Å². The molecule has 22 heavy (non-hydrogen) atoms. The highest BCUT2D eigenvalue weighted by atomic mass is 16.5. The minimum absolute atomic E-state index is 0.0801. The molecule has 1 atom stereocenters. The summed E-state index contributed by atoms with van der Waals surface area (Å²) in [7, 11) is 0. The molecule has 1 unspecified atom stereocenters. The first-order valence-electron chi connectivity index (χ1n) is 7.77. The zero-order chi connectivity index (χ0) is 15.9. The Bertz CT molecular complexity index is 595. The van der Waals surface area contributed by atoms with E-state index in [1.54, 1.807) is 0 Å². The third-order valence-corrected chi connectivity index (χ3v) is 3.13. The van der Waals surface area contributed by atoms with E-state index in [9.17, 15) is 0 Å². The van der Waals surface area contributed by atoms with E-state index >= 15 is 0 Å². The molecule has 0 heterocycles. The van der Waals surface area contributed by atoms with Gasteiger partial charge in [-0.2, -0.15) is 0 Å². The van der Waals surface area contributed by atoms with E-state index in [2.05, 4.69) is 25.2 Å². The predicted molar refractivity (Wildman–Crippen MR) is 92.0 cm³/mol. The largest absolute Gasteiger partial charge is 0.491 e. The van der Waals surface area contributed by atoms with Crippen LogP contribution in [0.5, 0.6) is 11.5 Å². The first-order chi connectivity index (χ1) is 10.5. The number of rotatable bonds is 7. The molecular formula is C19H25NO2. The zero-order valence-electron chi connectivity index (χ0n) is 13.8. The summed E-state index contributed by atoms with van der Waals surface area (Å²) in [6.07, 6.45) is 0.260. The smallest absolute Gasteiger partial charge is 0.121 e. The molecule has 3 heteroatoms. The van der Waals surface area contributed by atoms with Gasteiger partial charge in [0.15, 0.2) is 0 Å². The summed E-state index contributed by atoms with van der Waals surface area (Å²) in [4.78, 5) is 0. The average Bonchev–Trinajstić information content (AvgIpc) is 2.45. The number of hydrogen-bond acceptors (Lipinski definition) is 3. The molecule has 0 aliphatic carbocycles. The molecule has 2 rings (SSSR count). The maximum absolute atomic E-state index is 5.92. The van der Waals surface area contributed by atoms with Crippen molar-refractivity contribution in [2.24, 2.45) is 0 Å². The van der Waals surface area contributed by atoms with Crippen molar-refractivity contribution in [2.75, 3.05) is 11.9 Å². The van der Waals surface area contributed by atoms with Crippen molar-refractivity contribution in [1.82, 2.24) is 0 Å². The molecule has 0 saturated carbocycles. The Morgan fingerprint density at radius 3 is 2.27 bits per heavy atom. The summed E-state index contributed by atoms with van der Waals surface area (Å²) in [5.41, 5.74) is 2.24. The van der Waals surface area contributed by atoms with Gasteiger partial charge in [-0.05, 0) is 57.5 Å². The monoisotopic (exact) mass is 299 g/mol. The highest BCUT2D eigenvalue weighted by molar-refractivity contribution is 5.48. The molecule has 2 aromatic carbocycles. The van der Waals surface area contributed by atoms with E-state index in [-0.39, 0.29) is 12.2 Å². The number of aryl methyl sites for hydroxylation is 1. The van der Waals surface area contributed by atoms with Crippen LogP contribution in [0.4, 0.5) is 5.69 Å². The van der Waals surface area contributed by atoms with Crippen LogP contribution in [0.1, 0.15) is 26.3 Å². The van der Waals surface area contributed by atoms with Gasteiger partial charge in [-0.3, -0.25) is 0 Å². The van der Waals surface area contributed by atoms with Gasteiger partial charge in [0.1, 0.15) is 17.6 Å². The molecule has 3 nitrogen and oxygen atoms in total. The molecule has 0 aromatic heterocycles. The van der Waals surface area contributed by atoms with Crippen LogP contribution in [-0.4, -0.2) is 18.8 Å². The van der Waals surface area contributed by atoms with E-state index < -0.39 is 0 Å². The summed E-state index contributed by atoms with van der Waals surface area (Å²) in [5.74, 6) is 1.79. The Kier molecular flexibility index (Phi) is 5.70. The van der Waals surface area contributed by atoms with E-state index in [0.29, 0.717) is 0 Å². The Balaban J connectivity index is 1.87. The van der Waals surface area contributed by atoms with Gasteiger partial charge in [0.2, 0.25) is 0 Å². The van der Waals surface area contributed by atoms with E-state index in [1.807, 2.05) is 56.3 Å².